The first-order valence-electron chi connectivity index (χ1n) is 10.3. The van der Waals surface area contributed by atoms with E-state index < -0.39 is 0 Å². The second-order valence-electron chi connectivity index (χ2n) is 7.89. The first-order chi connectivity index (χ1) is 14.6. The number of piperidine rings is 1. The minimum Gasteiger partial charge on any atom is -0.486 e. The maximum atomic E-state index is 12.2. The zero-order valence-electron chi connectivity index (χ0n) is 16.9. The number of fused-ring (bicyclic) bond motifs is 1. The molecule has 0 saturated carbocycles. The third-order valence-corrected chi connectivity index (χ3v) is 5.97. The van der Waals surface area contributed by atoms with Crippen molar-refractivity contribution in [2.75, 3.05) is 38.5 Å². The molecule has 4 rings (SSSR count). The molecule has 1 fully saturated rings. The topological polar surface area (TPSA) is 89.7 Å². The molecular formula is C22H27ClN4O3. The predicted molar refractivity (Wildman–Crippen MR) is 116 cm³/mol. The summed E-state index contributed by atoms with van der Waals surface area (Å²) >= 11 is 6.23. The van der Waals surface area contributed by atoms with Gasteiger partial charge >= 0.3 is 0 Å². The highest BCUT2D eigenvalue weighted by atomic mass is 35.5. The Morgan fingerprint density at radius 2 is 2.10 bits per heavy atom. The summed E-state index contributed by atoms with van der Waals surface area (Å²) in [5.41, 5.74) is 6.58. The molecule has 3 N–H and O–H groups in total. The van der Waals surface area contributed by atoms with E-state index in [-0.39, 0.29) is 18.4 Å². The second kappa shape index (κ2) is 9.53. The van der Waals surface area contributed by atoms with Crippen molar-refractivity contribution >= 4 is 23.3 Å². The Hall–Kier alpha value is -2.51. The van der Waals surface area contributed by atoms with Crippen LogP contribution >= 0.6 is 11.6 Å². The molecule has 0 spiro atoms. The monoisotopic (exact) mass is 430 g/mol. The minimum atomic E-state index is -0.0291. The van der Waals surface area contributed by atoms with Crippen LogP contribution in [0.5, 0.6) is 11.5 Å². The number of amides is 1. The predicted octanol–water partition coefficient (Wildman–Crippen LogP) is 2.53. The fourth-order valence-electron chi connectivity index (χ4n) is 3.95. The van der Waals surface area contributed by atoms with Crippen molar-refractivity contribution in [2.45, 2.75) is 25.4 Å². The largest absolute Gasteiger partial charge is 0.486 e. The molecule has 1 atom stereocenters. The number of hydrogen-bond donors (Lipinski definition) is 2. The highest BCUT2D eigenvalue weighted by molar-refractivity contribution is 6.32. The molecule has 160 valence electrons. The number of para-hydroxylation sites is 1. The van der Waals surface area contributed by atoms with Gasteiger partial charge in [0.15, 0.2) is 11.5 Å². The van der Waals surface area contributed by atoms with Crippen LogP contribution in [0, 0.1) is 5.92 Å². The van der Waals surface area contributed by atoms with Crippen LogP contribution in [-0.4, -0.2) is 54.7 Å². The van der Waals surface area contributed by atoms with E-state index in [1.54, 1.807) is 12.3 Å². The standard InChI is InChI=1S/C22H27ClN4O3/c23-18-4-1-5-19-21(18)30-17(14-29-19)13-27-9-6-15(7-10-27)12-26-20(28)11-16-3-2-8-25-22(16)24/h1-5,8,15,17H,6-7,9-14H2,(H2,24,25)(H,26,28). The van der Waals surface area contributed by atoms with Gasteiger partial charge in [0, 0.05) is 24.8 Å². The summed E-state index contributed by atoms with van der Waals surface area (Å²) in [5, 5.41) is 3.62. The van der Waals surface area contributed by atoms with Crippen LogP contribution in [-0.2, 0) is 11.2 Å². The third-order valence-electron chi connectivity index (χ3n) is 5.67. The van der Waals surface area contributed by atoms with E-state index in [9.17, 15) is 4.79 Å². The molecule has 2 aromatic rings. The molecule has 2 aliphatic rings. The molecule has 0 bridgehead atoms. The van der Waals surface area contributed by atoms with Gasteiger partial charge in [0.2, 0.25) is 5.91 Å². The summed E-state index contributed by atoms with van der Waals surface area (Å²) in [5.74, 6) is 2.23. The van der Waals surface area contributed by atoms with Crippen molar-refractivity contribution in [3.63, 3.8) is 0 Å². The fourth-order valence-corrected chi connectivity index (χ4v) is 4.16. The average Bonchev–Trinajstić information content (AvgIpc) is 2.75. The first-order valence-corrected chi connectivity index (χ1v) is 10.7. The quantitative estimate of drug-likeness (QED) is 0.732. The molecule has 30 heavy (non-hydrogen) atoms. The van der Waals surface area contributed by atoms with Crippen LogP contribution in [0.1, 0.15) is 18.4 Å². The maximum Gasteiger partial charge on any atom is 0.224 e. The van der Waals surface area contributed by atoms with Crippen LogP contribution in [0.15, 0.2) is 36.5 Å². The van der Waals surface area contributed by atoms with E-state index in [2.05, 4.69) is 15.2 Å². The Bertz CT molecular complexity index is 886. The van der Waals surface area contributed by atoms with Crippen LogP contribution in [0.4, 0.5) is 5.82 Å². The zero-order valence-corrected chi connectivity index (χ0v) is 17.6. The molecule has 2 aliphatic heterocycles. The highest BCUT2D eigenvalue weighted by Crippen LogP contribution is 2.38. The number of carbonyl (C=O) groups is 1. The van der Waals surface area contributed by atoms with Crippen molar-refractivity contribution < 1.29 is 14.3 Å². The van der Waals surface area contributed by atoms with Gasteiger partial charge in [-0.05, 0) is 50.0 Å². The number of nitrogens with zero attached hydrogens (tertiary/aromatic N) is 2. The Morgan fingerprint density at radius 1 is 1.27 bits per heavy atom. The molecule has 1 amide bonds. The van der Waals surface area contributed by atoms with Crippen LogP contribution < -0.4 is 20.5 Å². The lowest BCUT2D eigenvalue weighted by molar-refractivity contribution is -0.120. The molecule has 0 aliphatic carbocycles. The van der Waals surface area contributed by atoms with Gasteiger partial charge in [-0.25, -0.2) is 4.98 Å². The van der Waals surface area contributed by atoms with Gasteiger partial charge in [-0.1, -0.05) is 23.7 Å². The smallest absolute Gasteiger partial charge is 0.224 e. The number of halogens is 1. The first kappa shape index (κ1) is 20.8. The summed E-state index contributed by atoms with van der Waals surface area (Å²) in [6.07, 6.45) is 3.95. The number of pyridine rings is 1. The normalized spacial score (nSPS) is 19.4. The van der Waals surface area contributed by atoms with Gasteiger partial charge in [0.1, 0.15) is 18.5 Å². The lowest BCUT2D eigenvalue weighted by atomic mass is 9.96. The molecule has 0 radical (unpaired) electrons. The van der Waals surface area contributed by atoms with E-state index in [4.69, 9.17) is 26.8 Å². The van der Waals surface area contributed by atoms with E-state index >= 15 is 0 Å². The molecular weight excluding hydrogens is 404 g/mol. The zero-order chi connectivity index (χ0) is 20.9. The Balaban J connectivity index is 1.18. The second-order valence-corrected chi connectivity index (χ2v) is 8.30. The van der Waals surface area contributed by atoms with Gasteiger partial charge in [-0.3, -0.25) is 9.69 Å². The van der Waals surface area contributed by atoms with Crippen molar-refractivity contribution in [3.8, 4) is 11.5 Å². The Morgan fingerprint density at radius 3 is 2.90 bits per heavy atom. The third kappa shape index (κ3) is 5.15. The number of ether oxygens (including phenoxy) is 2. The van der Waals surface area contributed by atoms with Crippen molar-refractivity contribution in [1.82, 2.24) is 15.2 Å². The summed E-state index contributed by atoms with van der Waals surface area (Å²) in [6, 6.07) is 9.18. The number of benzene rings is 1. The van der Waals surface area contributed by atoms with Gasteiger partial charge < -0.3 is 20.5 Å². The molecule has 8 heteroatoms. The van der Waals surface area contributed by atoms with Gasteiger partial charge in [0.05, 0.1) is 11.4 Å². The number of rotatable bonds is 6. The number of likely N-dealkylation sites (tertiary alicyclic amines) is 1. The lowest BCUT2D eigenvalue weighted by Crippen LogP contribution is -2.45. The molecule has 1 aromatic heterocycles. The number of aromatic nitrogens is 1. The lowest BCUT2D eigenvalue weighted by Gasteiger charge is -2.35. The summed E-state index contributed by atoms with van der Waals surface area (Å²) in [7, 11) is 0. The number of nitrogens with one attached hydrogen (secondary N) is 1. The van der Waals surface area contributed by atoms with Crippen LogP contribution in [0.25, 0.3) is 0 Å². The number of nitrogen functional groups attached to an aromatic ring is 1. The fraction of sp³-hybridized carbons (Fsp3) is 0.455. The minimum absolute atomic E-state index is 0.0135. The van der Waals surface area contributed by atoms with Crippen molar-refractivity contribution in [2.24, 2.45) is 5.92 Å². The number of nitrogens with two attached hydrogens (primary N) is 1. The van der Waals surface area contributed by atoms with Crippen LogP contribution in [0.2, 0.25) is 5.02 Å². The summed E-state index contributed by atoms with van der Waals surface area (Å²) < 4.78 is 11.9. The molecule has 3 heterocycles. The molecule has 1 unspecified atom stereocenters. The molecule has 1 aromatic carbocycles. The molecule has 1 saturated heterocycles. The van der Waals surface area contributed by atoms with Crippen molar-refractivity contribution in [1.29, 1.82) is 0 Å². The van der Waals surface area contributed by atoms with Crippen molar-refractivity contribution in [3.05, 3.63) is 47.1 Å². The number of hydrogen-bond acceptors (Lipinski definition) is 6. The highest BCUT2D eigenvalue weighted by Gasteiger charge is 2.27. The van der Waals surface area contributed by atoms with E-state index in [0.717, 1.165) is 38.0 Å². The number of carbonyl (C=O) groups excluding carboxylic acids is 1. The Kier molecular flexibility index (Phi) is 6.59. The average molecular weight is 431 g/mol. The number of anilines is 1. The van der Waals surface area contributed by atoms with E-state index in [0.29, 0.717) is 41.4 Å². The molecule has 7 nitrogen and oxygen atoms in total. The van der Waals surface area contributed by atoms with E-state index in [1.807, 2.05) is 24.3 Å². The Labute approximate surface area is 181 Å². The summed E-state index contributed by atoms with van der Waals surface area (Å²) in [6.45, 7) is 3.99. The van der Waals surface area contributed by atoms with Gasteiger partial charge in [0.25, 0.3) is 0 Å². The van der Waals surface area contributed by atoms with E-state index in [1.165, 1.54) is 0 Å². The SMILES string of the molecule is Nc1ncccc1CC(=O)NCC1CCN(CC2COc3cccc(Cl)c3O2)CC1. The van der Waals surface area contributed by atoms with Gasteiger partial charge in [-0.2, -0.15) is 0 Å². The maximum absolute atomic E-state index is 12.2. The summed E-state index contributed by atoms with van der Waals surface area (Å²) in [4.78, 5) is 18.6. The van der Waals surface area contributed by atoms with Crippen LogP contribution in [0.3, 0.4) is 0 Å². The van der Waals surface area contributed by atoms with Gasteiger partial charge in [-0.15, -0.1) is 0 Å².